The van der Waals surface area contributed by atoms with Crippen molar-refractivity contribution in [3.8, 4) is 0 Å². The van der Waals surface area contributed by atoms with Crippen LogP contribution in [0.25, 0.3) is 0 Å². The minimum absolute atomic E-state index is 0.0633. The van der Waals surface area contributed by atoms with E-state index in [4.69, 9.17) is 0 Å². The summed E-state index contributed by atoms with van der Waals surface area (Å²) in [5.41, 5.74) is 5.16. The van der Waals surface area contributed by atoms with Gasteiger partial charge in [-0.15, -0.1) is 0 Å². The van der Waals surface area contributed by atoms with E-state index < -0.39 is 0 Å². The van der Waals surface area contributed by atoms with Gasteiger partial charge in [0.05, 0.1) is 25.3 Å². The Morgan fingerprint density at radius 1 is 0.708 bits per heavy atom. The zero-order valence-electron chi connectivity index (χ0n) is 13.7. The maximum absolute atomic E-state index is 9.70. The Kier molecular flexibility index (Phi) is 4.37. The highest BCUT2D eigenvalue weighted by molar-refractivity contribution is 5.40. The molecule has 4 heteroatoms. The van der Waals surface area contributed by atoms with E-state index in [0.29, 0.717) is 0 Å². The number of fused-ring (bicyclic) bond motifs is 2. The van der Waals surface area contributed by atoms with Crippen molar-refractivity contribution in [3.05, 3.63) is 70.8 Å². The van der Waals surface area contributed by atoms with Crippen LogP contribution in [0.3, 0.4) is 0 Å². The van der Waals surface area contributed by atoms with Crippen LogP contribution in [-0.2, 0) is 12.8 Å². The summed E-state index contributed by atoms with van der Waals surface area (Å²) in [6, 6.07) is 17.2. The minimum atomic E-state index is 0.0633. The highest BCUT2D eigenvalue weighted by Crippen LogP contribution is 2.38. The number of nitrogens with one attached hydrogen (secondary N) is 2. The third kappa shape index (κ3) is 2.76. The first-order chi connectivity index (χ1) is 11.8. The van der Waals surface area contributed by atoms with Gasteiger partial charge in [-0.05, 0) is 35.1 Å². The molecule has 4 nitrogen and oxygen atoms in total. The SMILES string of the molecule is OC[C@@H]1Cc2ccccc2[C@@H]([C@H]2N[C@H](CO)Cc3ccccc32)N1. The van der Waals surface area contributed by atoms with Crippen molar-refractivity contribution < 1.29 is 10.2 Å². The fourth-order valence-electron chi connectivity index (χ4n) is 4.17. The van der Waals surface area contributed by atoms with Gasteiger partial charge in [0, 0.05) is 12.1 Å². The monoisotopic (exact) mass is 324 g/mol. The quantitative estimate of drug-likeness (QED) is 0.691. The van der Waals surface area contributed by atoms with Gasteiger partial charge in [-0.25, -0.2) is 0 Å². The van der Waals surface area contributed by atoms with E-state index in [1.165, 1.54) is 22.3 Å². The number of aliphatic hydroxyl groups is 2. The lowest BCUT2D eigenvalue weighted by atomic mass is 9.80. The minimum Gasteiger partial charge on any atom is -0.395 e. The Morgan fingerprint density at radius 3 is 1.54 bits per heavy atom. The van der Waals surface area contributed by atoms with Crippen LogP contribution in [0.2, 0.25) is 0 Å². The molecule has 24 heavy (non-hydrogen) atoms. The molecule has 0 spiro atoms. The van der Waals surface area contributed by atoms with Crippen molar-refractivity contribution in [1.82, 2.24) is 10.6 Å². The van der Waals surface area contributed by atoms with Crippen molar-refractivity contribution in [2.24, 2.45) is 0 Å². The number of aliphatic hydroxyl groups excluding tert-OH is 2. The van der Waals surface area contributed by atoms with E-state index in [-0.39, 0.29) is 37.4 Å². The van der Waals surface area contributed by atoms with E-state index in [1.807, 2.05) is 0 Å². The average molecular weight is 324 g/mol. The topological polar surface area (TPSA) is 64.5 Å². The predicted molar refractivity (Wildman–Crippen MR) is 93.8 cm³/mol. The summed E-state index contributed by atoms with van der Waals surface area (Å²) in [4.78, 5) is 0. The van der Waals surface area contributed by atoms with Gasteiger partial charge in [0.15, 0.2) is 0 Å². The van der Waals surface area contributed by atoms with Gasteiger partial charge in [-0.3, -0.25) is 0 Å². The van der Waals surface area contributed by atoms with Crippen LogP contribution in [0, 0.1) is 0 Å². The average Bonchev–Trinajstić information content (AvgIpc) is 2.66. The van der Waals surface area contributed by atoms with Gasteiger partial charge in [0.2, 0.25) is 0 Å². The zero-order chi connectivity index (χ0) is 16.5. The van der Waals surface area contributed by atoms with Crippen LogP contribution in [-0.4, -0.2) is 35.5 Å². The summed E-state index contributed by atoms with van der Waals surface area (Å²) in [7, 11) is 0. The summed E-state index contributed by atoms with van der Waals surface area (Å²) in [5.74, 6) is 0. The number of hydrogen-bond acceptors (Lipinski definition) is 4. The van der Waals surface area contributed by atoms with Gasteiger partial charge in [0.25, 0.3) is 0 Å². The van der Waals surface area contributed by atoms with E-state index in [1.54, 1.807) is 0 Å². The van der Waals surface area contributed by atoms with Crippen LogP contribution >= 0.6 is 0 Å². The molecular formula is C20H24N2O2. The van der Waals surface area contributed by atoms with Crippen molar-refractivity contribution in [2.75, 3.05) is 13.2 Å². The molecule has 4 N–H and O–H groups in total. The second-order valence-electron chi connectivity index (χ2n) is 6.85. The van der Waals surface area contributed by atoms with Crippen molar-refractivity contribution >= 4 is 0 Å². The molecule has 4 rings (SSSR count). The lowest BCUT2D eigenvalue weighted by Crippen LogP contribution is -2.51. The highest BCUT2D eigenvalue weighted by Gasteiger charge is 2.36. The molecule has 2 aromatic carbocycles. The Labute approximate surface area is 142 Å². The van der Waals surface area contributed by atoms with E-state index in [0.717, 1.165) is 12.8 Å². The maximum atomic E-state index is 9.70. The third-order valence-corrected chi connectivity index (χ3v) is 5.32. The molecule has 0 unspecified atom stereocenters. The molecule has 0 aliphatic carbocycles. The first-order valence-corrected chi connectivity index (χ1v) is 8.69. The lowest BCUT2D eigenvalue weighted by Gasteiger charge is -2.42. The smallest absolute Gasteiger partial charge is 0.0588 e. The van der Waals surface area contributed by atoms with Crippen LogP contribution in [0.15, 0.2) is 48.5 Å². The largest absolute Gasteiger partial charge is 0.395 e. The molecule has 2 aliphatic rings. The van der Waals surface area contributed by atoms with Crippen molar-refractivity contribution in [3.63, 3.8) is 0 Å². The van der Waals surface area contributed by atoms with Gasteiger partial charge < -0.3 is 20.8 Å². The fourth-order valence-corrected chi connectivity index (χ4v) is 4.17. The standard InChI is InChI=1S/C20H24N2O2/c23-11-15-9-13-5-1-3-7-17(13)19(21-15)20-18-8-4-2-6-14(18)10-16(12-24)22-20/h1-8,15-16,19-24H,9-12H2/t15-,16-,19-,20-/m0/s1. The summed E-state index contributed by atoms with van der Waals surface area (Å²) in [6.07, 6.45) is 1.70. The van der Waals surface area contributed by atoms with E-state index >= 15 is 0 Å². The Hall–Kier alpha value is -1.72. The molecular weight excluding hydrogens is 300 g/mol. The first kappa shape index (κ1) is 15.8. The van der Waals surface area contributed by atoms with Crippen LogP contribution < -0.4 is 10.6 Å². The number of rotatable bonds is 3. The molecule has 0 bridgehead atoms. The molecule has 2 aliphatic heterocycles. The number of benzene rings is 2. The maximum Gasteiger partial charge on any atom is 0.0588 e. The van der Waals surface area contributed by atoms with Crippen LogP contribution in [0.1, 0.15) is 34.3 Å². The Balaban J connectivity index is 1.77. The van der Waals surface area contributed by atoms with Crippen molar-refractivity contribution in [2.45, 2.75) is 37.0 Å². The molecule has 2 heterocycles. The Bertz CT molecular complexity index is 657. The van der Waals surface area contributed by atoms with Gasteiger partial charge >= 0.3 is 0 Å². The molecule has 0 saturated carbocycles. The summed E-state index contributed by atoms with van der Waals surface area (Å²) >= 11 is 0. The molecule has 0 saturated heterocycles. The zero-order valence-corrected chi connectivity index (χ0v) is 13.7. The normalized spacial score (nSPS) is 28.9. The van der Waals surface area contributed by atoms with Gasteiger partial charge in [0.1, 0.15) is 0 Å². The molecule has 0 fully saturated rings. The molecule has 2 aromatic rings. The van der Waals surface area contributed by atoms with Crippen LogP contribution in [0.4, 0.5) is 0 Å². The van der Waals surface area contributed by atoms with Gasteiger partial charge in [-0.2, -0.15) is 0 Å². The summed E-state index contributed by atoms with van der Waals surface area (Å²) in [5, 5.41) is 26.6. The Morgan fingerprint density at radius 2 is 1.12 bits per heavy atom. The summed E-state index contributed by atoms with van der Waals surface area (Å²) < 4.78 is 0. The fraction of sp³-hybridized carbons (Fsp3) is 0.400. The first-order valence-electron chi connectivity index (χ1n) is 8.69. The highest BCUT2D eigenvalue weighted by atomic mass is 16.3. The molecule has 4 atom stereocenters. The van der Waals surface area contributed by atoms with Crippen molar-refractivity contribution in [1.29, 1.82) is 0 Å². The second kappa shape index (κ2) is 6.65. The third-order valence-electron chi connectivity index (χ3n) is 5.32. The molecule has 0 aromatic heterocycles. The predicted octanol–water partition coefficient (Wildman–Crippen LogP) is 1.48. The van der Waals surface area contributed by atoms with E-state index in [9.17, 15) is 10.2 Å². The van der Waals surface area contributed by atoms with E-state index in [2.05, 4.69) is 59.2 Å². The second-order valence-corrected chi connectivity index (χ2v) is 6.85. The number of hydrogen-bond donors (Lipinski definition) is 4. The van der Waals surface area contributed by atoms with Crippen LogP contribution in [0.5, 0.6) is 0 Å². The lowest BCUT2D eigenvalue weighted by molar-refractivity contribution is 0.182. The van der Waals surface area contributed by atoms with Gasteiger partial charge in [-0.1, -0.05) is 48.5 Å². The molecule has 0 amide bonds. The summed E-state index contributed by atoms with van der Waals surface area (Å²) in [6.45, 7) is 0.255. The molecule has 0 radical (unpaired) electrons. The molecule has 126 valence electrons.